The molecule has 1 aromatic heterocycles. The Morgan fingerprint density at radius 2 is 1.96 bits per heavy atom. The Hall–Kier alpha value is -2.31. The highest BCUT2D eigenvalue weighted by Crippen LogP contribution is 2.39. The van der Waals surface area contributed by atoms with Gasteiger partial charge in [0.05, 0.1) is 11.8 Å². The van der Waals surface area contributed by atoms with E-state index in [2.05, 4.69) is 5.10 Å². The van der Waals surface area contributed by atoms with Gasteiger partial charge in [-0.15, -0.1) is 0 Å². The lowest BCUT2D eigenvalue weighted by molar-refractivity contribution is -0.137. The van der Waals surface area contributed by atoms with Gasteiger partial charge >= 0.3 is 6.18 Å². The minimum Gasteiger partial charge on any atom is -0.366 e. The third-order valence-electron chi connectivity index (χ3n) is 5.14. The van der Waals surface area contributed by atoms with Crippen LogP contribution >= 0.6 is 0 Å². The number of nitrogens with zero attached hydrogens (tertiary/aromatic N) is 2. The van der Waals surface area contributed by atoms with Crippen LogP contribution in [0.5, 0.6) is 0 Å². The molecule has 1 saturated carbocycles. The number of hydrogen-bond donors (Lipinski definition) is 1. The monoisotopic (exact) mass is 365 g/mol. The molecule has 1 aromatic carbocycles. The largest absolute Gasteiger partial charge is 0.416 e. The minimum absolute atomic E-state index is 0.00836. The highest BCUT2D eigenvalue weighted by molar-refractivity contribution is 5.94. The lowest BCUT2D eigenvalue weighted by atomic mass is 9.77. The number of primary amides is 1. The summed E-state index contributed by atoms with van der Waals surface area (Å²) in [6.45, 7) is 2.84. The zero-order valence-corrected chi connectivity index (χ0v) is 14.6. The Morgan fingerprint density at radius 3 is 2.50 bits per heavy atom. The fourth-order valence-electron chi connectivity index (χ4n) is 3.79. The molecule has 1 amide bonds. The maximum absolute atomic E-state index is 12.9. The topological polar surface area (TPSA) is 60.9 Å². The summed E-state index contributed by atoms with van der Waals surface area (Å²) in [5.74, 6) is -0.257. The molecule has 2 aromatic rings. The van der Waals surface area contributed by atoms with E-state index in [0.717, 1.165) is 49.9 Å². The lowest BCUT2D eigenvalue weighted by Gasteiger charge is -2.30. The fraction of sp³-hybridized carbons (Fsp3) is 0.474. The number of aromatic nitrogens is 2. The molecule has 3 rings (SSSR count). The first-order valence-corrected chi connectivity index (χ1v) is 8.74. The van der Waals surface area contributed by atoms with Gasteiger partial charge in [0, 0.05) is 18.3 Å². The molecule has 1 heterocycles. The summed E-state index contributed by atoms with van der Waals surface area (Å²) < 4.78 is 40.7. The van der Waals surface area contributed by atoms with E-state index in [9.17, 15) is 18.0 Å². The predicted molar refractivity (Wildman–Crippen MR) is 91.6 cm³/mol. The number of halogens is 3. The summed E-state index contributed by atoms with van der Waals surface area (Å²) in [6.07, 6.45) is 2.90. The number of carbonyl (C=O) groups excluding carboxylic acids is 1. The van der Waals surface area contributed by atoms with Gasteiger partial charge in [0.25, 0.3) is 0 Å². The van der Waals surface area contributed by atoms with Gasteiger partial charge in [-0.25, -0.2) is 0 Å². The van der Waals surface area contributed by atoms with Crippen molar-refractivity contribution in [1.82, 2.24) is 9.78 Å². The van der Waals surface area contributed by atoms with Crippen molar-refractivity contribution in [3.63, 3.8) is 0 Å². The zero-order chi connectivity index (χ0) is 18.9. The molecule has 26 heavy (non-hydrogen) atoms. The van der Waals surface area contributed by atoms with Crippen molar-refractivity contribution >= 4 is 5.91 Å². The normalized spacial score (nSPS) is 20.9. The van der Waals surface area contributed by atoms with Crippen molar-refractivity contribution in [2.24, 2.45) is 11.7 Å². The molecular weight excluding hydrogens is 343 g/mol. The van der Waals surface area contributed by atoms with Gasteiger partial charge in [-0.1, -0.05) is 6.07 Å². The van der Waals surface area contributed by atoms with Crippen LogP contribution in [0.1, 0.15) is 58.6 Å². The molecule has 0 aliphatic heterocycles. The van der Waals surface area contributed by atoms with Gasteiger partial charge < -0.3 is 5.73 Å². The number of nitrogens with two attached hydrogens (primary N) is 1. The number of amides is 1. The molecule has 0 unspecified atom stereocenters. The molecule has 0 bridgehead atoms. The molecule has 0 atom stereocenters. The molecule has 0 spiro atoms. The van der Waals surface area contributed by atoms with E-state index >= 15 is 0 Å². The van der Waals surface area contributed by atoms with E-state index in [1.54, 1.807) is 0 Å². The Labute approximate surface area is 150 Å². The maximum Gasteiger partial charge on any atom is 0.416 e. The molecular formula is C19H22F3N3O. The molecule has 1 aliphatic carbocycles. The van der Waals surface area contributed by atoms with E-state index in [1.807, 2.05) is 24.0 Å². The second kappa shape index (κ2) is 7.13. The third-order valence-corrected chi connectivity index (χ3v) is 5.14. The minimum atomic E-state index is -4.48. The quantitative estimate of drug-likeness (QED) is 0.879. The molecule has 4 nitrogen and oxygen atoms in total. The van der Waals surface area contributed by atoms with Crippen molar-refractivity contribution < 1.29 is 18.0 Å². The van der Waals surface area contributed by atoms with E-state index < -0.39 is 17.6 Å². The third kappa shape index (κ3) is 4.08. The van der Waals surface area contributed by atoms with Crippen LogP contribution in [-0.2, 0) is 12.7 Å². The van der Waals surface area contributed by atoms with Crippen LogP contribution in [0.15, 0.2) is 30.6 Å². The molecule has 0 saturated heterocycles. The Kier molecular flexibility index (Phi) is 5.07. The number of benzene rings is 1. The summed E-state index contributed by atoms with van der Waals surface area (Å²) >= 11 is 0. The van der Waals surface area contributed by atoms with E-state index in [4.69, 9.17) is 5.73 Å². The number of hydrogen-bond acceptors (Lipinski definition) is 2. The fourth-order valence-corrected chi connectivity index (χ4v) is 3.79. The molecule has 0 radical (unpaired) electrons. The summed E-state index contributed by atoms with van der Waals surface area (Å²) in [4.78, 5) is 11.7. The van der Waals surface area contributed by atoms with Gasteiger partial charge in [0.15, 0.2) is 0 Å². The summed E-state index contributed by atoms with van der Waals surface area (Å²) in [5, 5.41) is 4.31. The average molecular weight is 365 g/mol. The standard InChI is InChI=1S/C19H22F3N3O/c1-12-9-24-25(10-12)11-13-2-4-14(5-3-13)16-7-6-15(19(20,21)22)8-17(16)18(23)26/h6-10,13-14H,2-5,11H2,1H3,(H2,23,26). The first-order valence-electron chi connectivity index (χ1n) is 8.74. The molecule has 7 heteroatoms. The maximum atomic E-state index is 12.9. The Morgan fingerprint density at radius 1 is 1.27 bits per heavy atom. The Balaban J connectivity index is 1.71. The zero-order valence-electron chi connectivity index (χ0n) is 14.6. The van der Waals surface area contributed by atoms with Crippen molar-refractivity contribution in [2.45, 2.75) is 51.2 Å². The van der Waals surface area contributed by atoms with Crippen LogP contribution in [0, 0.1) is 12.8 Å². The highest BCUT2D eigenvalue weighted by Gasteiger charge is 2.33. The first-order chi connectivity index (χ1) is 12.2. The SMILES string of the molecule is Cc1cnn(CC2CCC(c3ccc(C(F)(F)F)cc3C(N)=O)CC2)c1. The molecule has 1 fully saturated rings. The average Bonchev–Trinajstić information content (AvgIpc) is 2.99. The van der Waals surface area contributed by atoms with E-state index in [-0.39, 0.29) is 11.5 Å². The van der Waals surface area contributed by atoms with Gasteiger partial charge in [0.1, 0.15) is 0 Å². The summed E-state index contributed by atoms with van der Waals surface area (Å²) in [5.41, 5.74) is 6.26. The second-order valence-electron chi connectivity index (χ2n) is 7.12. The van der Waals surface area contributed by atoms with Crippen LogP contribution in [0.25, 0.3) is 0 Å². The highest BCUT2D eigenvalue weighted by atomic mass is 19.4. The van der Waals surface area contributed by atoms with Crippen LogP contribution in [-0.4, -0.2) is 15.7 Å². The number of rotatable bonds is 4. The van der Waals surface area contributed by atoms with Crippen LogP contribution in [0.4, 0.5) is 13.2 Å². The van der Waals surface area contributed by atoms with E-state index in [1.165, 1.54) is 6.07 Å². The van der Waals surface area contributed by atoms with Crippen LogP contribution in [0.2, 0.25) is 0 Å². The second-order valence-corrected chi connectivity index (χ2v) is 7.12. The first kappa shape index (κ1) is 18.5. The number of carbonyl (C=O) groups is 1. The smallest absolute Gasteiger partial charge is 0.366 e. The summed E-state index contributed by atoms with van der Waals surface area (Å²) in [7, 11) is 0. The van der Waals surface area contributed by atoms with Crippen molar-refractivity contribution in [1.29, 1.82) is 0 Å². The predicted octanol–water partition coefficient (Wildman–Crippen LogP) is 4.28. The molecule has 2 N–H and O–H groups in total. The molecule has 1 aliphatic rings. The van der Waals surface area contributed by atoms with Gasteiger partial charge in [0.2, 0.25) is 5.91 Å². The van der Waals surface area contributed by atoms with Gasteiger partial charge in [-0.3, -0.25) is 9.48 Å². The lowest BCUT2D eigenvalue weighted by Crippen LogP contribution is -2.22. The number of aryl methyl sites for hydroxylation is 1. The number of alkyl halides is 3. The van der Waals surface area contributed by atoms with Crippen molar-refractivity contribution in [2.75, 3.05) is 0 Å². The van der Waals surface area contributed by atoms with Crippen molar-refractivity contribution in [3.05, 3.63) is 52.8 Å². The van der Waals surface area contributed by atoms with Crippen molar-refractivity contribution in [3.8, 4) is 0 Å². The van der Waals surface area contributed by atoms with Gasteiger partial charge in [-0.05, 0) is 67.7 Å². The Bertz CT molecular complexity index is 790. The summed E-state index contributed by atoms with van der Waals surface area (Å²) in [6, 6.07) is 3.35. The van der Waals surface area contributed by atoms with Crippen LogP contribution < -0.4 is 5.73 Å². The van der Waals surface area contributed by atoms with Crippen LogP contribution in [0.3, 0.4) is 0 Å². The molecule has 140 valence electrons. The van der Waals surface area contributed by atoms with E-state index in [0.29, 0.717) is 11.5 Å². The van der Waals surface area contributed by atoms with Gasteiger partial charge in [-0.2, -0.15) is 18.3 Å².